The Kier molecular flexibility index (Phi) is 6.10. The highest BCUT2D eigenvalue weighted by molar-refractivity contribution is 8.33. The van der Waals surface area contributed by atoms with Crippen LogP contribution < -0.4 is 0 Å². The molecule has 0 saturated carbocycles. The molecule has 0 aliphatic carbocycles. The van der Waals surface area contributed by atoms with Crippen molar-refractivity contribution in [1.29, 1.82) is 0 Å². The van der Waals surface area contributed by atoms with Gasteiger partial charge in [0.05, 0.1) is 4.90 Å². The van der Waals surface area contributed by atoms with Crippen LogP contribution >= 0.6 is 10.3 Å². The van der Waals surface area contributed by atoms with Gasteiger partial charge in [0.15, 0.2) is 0 Å². The van der Waals surface area contributed by atoms with Crippen molar-refractivity contribution < 1.29 is 46.8 Å². The van der Waals surface area contributed by atoms with Crippen molar-refractivity contribution in [1.82, 2.24) is 0 Å². The van der Waals surface area contributed by atoms with Crippen molar-refractivity contribution in [3.8, 4) is 11.1 Å². The molecule has 0 amide bonds. The molecule has 1 atom stereocenters. The largest absolute Gasteiger partial charge is 0.524 e. The Balaban J connectivity index is 2.10. The molecular weight excluding hydrogens is 554 g/mol. The summed E-state index contributed by atoms with van der Waals surface area (Å²) in [6.45, 7) is 3.57. The van der Waals surface area contributed by atoms with Crippen LogP contribution in [0.5, 0.6) is 0 Å². The first-order valence-electron chi connectivity index (χ1n) is 9.69. The number of benzene rings is 3. The lowest BCUT2D eigenvalue weighted by molar-refractivity contribution is -0.0496. The second-order valence-corrected chi connectivity index (χ2v) is 13.7. The minimum atomic E-state index is -6.23. The fourth-order valence-corrected chi connectivity index (χ4v) is 9.50. The van der Waals surface area contributed by atoms with Crippen molar-refractivity contribution in [2.45, 2.75) is 30.6 Å². The molecule has 1 aliphatic heterocycles. The van der Waals surface area contributed by atoms with Gasteiger partial charge in [0, 0.05) is 14.7 Å². The van der Waals surface area contributed by atoms with E-state index in [4.69, 9.17) is 3.63 Å². The van der Waals surface area contributed by atoms with Gasteiger partial charge in [-0.25, -0.2) is 8.42 Å². The summed E-state index contributed by atoms with van der Waals surface area (Å²) in [5.74, 6) is 0. The molecule has 1 aliphatic rings. The zero-order chi connectivity index (χ0) is 26.7. The van der Waals surface area contributed by atoms with Gasteiger partial charge in [-0.15, -0.1) is 0 Å². The Hall–Kier alpha value is -2.81. The zero-order valence-electron chi connectivity index (χ0n) is 17.7. The molecule has 0 aromatic heterocycles. The number of hydrogen-bond acceptors (Lipinski definition) is 5. The van der Waals surface area contributed by atoms with Crippen molar-refractivity contribution in [3.63, 3.8) is 0 Å². The van der Waals surface area contributed by atoms with Gasteiger partial charge in [0.2, 0.25) is 0 Å². The summed E-state index contributed by atoms with van der Waals surface area (Å²) in [5.41, 5.74) is -11.1. The average molecular weight is 569 g/mol. The lowest BCUT2D eigenvalue weighted by Gasteiger charge is -2.36. The molecule has 4 rings (SSSR count). The minimum absolute atomic E-state index is 0.0152. The fourth-order valence-electron chi connectivity index (χ4n) is 3.66. The monoisotopic (exact) mass is 568 g/mol. The van der Waals surface area contributed by atoms with Crippen LogP contribution in [0.1, 0.15) is 5.56 Å². The predicted octanol–water partition coefficient (Wildman–Crippen LogP) is 6.67. The Labute approximate surface area is 203 Å². The summed E-state index contributed by atoms with van der Waals surface area (Å²) in [7, 11) is -15.8. The number of hydrogen-bond donors (Lipinski definition) is 0. The van der Waals surface area contributed by atoms with E-state index < -0.39 is 46.2 Å². The normalized spacial score (nSPS) is 19.7. The molecule has 5 nitrogen and oxygen atoms in total. The third-order valence-electron chi connectivity index (χ3n) is 5.29. The van der Waals surface area contributed by atoms with Gasteiger partial charge in [-0.3, -0.25) is 0 Å². The minimum Gasteiger partial charge on any atom is -0.214 e. The first kappa shape index (κ1) is 26.3. The molecule has 0 fully saturated rings. The van der Waals surface area contributed by atoms with Gasteiger partial charge in [-0.05, 0) is 63.4 Å². The van der Waals surface area contributed by atoms with Crippen molar-refractivity contribution >= 4 is 36.3 Å². The van der Waals surface area contributed by atoms with E-state index >= 15 is 0 Å². The Morgan fingerprint density at radius 3 is 1.89 bits per heavy atom. The van der Waals surface area contributed by atoms with Crippen LogP contribution in [-0.4, -0.2) is 27.9 Å². The van der Waals surface area contributed by atoms with Crippen LogP contribution in [-0.2, 0) is 23.6 Å². The summed E-state index contributed by atoms with van der Waals surface area (Å²) < 4.78 is 134. The average Bonchev–Trinajstić information content (AvgIpc) is 3.07. The molecule has 1 heterocycles. The Bertz CT molecular complexity index is 1580. The van der Waals surface area contributed by atoms with E-state index in [2.05, 4.69) is 6.58 Å². The summed E-state index contributed by atoms with van der Waals surface area (Å²) in [6, 6.07) is 13.1. The van der Waals surface area contributed by atoms with E-state index in [1.54, 1.807) is 0 Å². The maximum atomic E-state index is 13.5. The summed E-state index contributed by atoms with van der Waals surface area (Å²) >= 11 is 0. The highest BCUT2D eigenvalue weighted by Gasteiger charge is 2.55. The van der Waals surface area contributed by atoms with Gasteiger partial charge < -0.3 is 0 Å². The molecule has 0 saturated heterocycles. The van der Waals surface area contributed by atoms with Crippen LogP contribution in [0, 0.1) is 0 Å². The van der Waals surface area contributed by atoms with Gasteiger partial charge >= 0.3 is 21.1 Å². The molecule has 3 aromatic carbocycles. The number of sulfone groups is 1. The van der Waals surface area contributed by atoms with Crippen molar-refractivity contribution in [3.05, 3.63) is 78.9 Å². The molecule has 3 aromatic rings. The third-order valence-corrected chi connectivity index (χ3v) is 11.8. The smallest absolute Gasteiger partial charge is 0.214 e. The molecule has 0 spiro atoms. The van der Waals surface area contributed by atoms with E-state index in [1.807, 2.05) is 0 Å². The van der Waals surface area contributed by atoms with Crippen molar-refractivity contribution in [2.75, 3.05) is 0 Å². The lowest BCUT2D eigenvalue weighted by Crippen LogP contribution is -2.27. The molecule has 0 radical (unpaired) electrons. The summed E-state index contributed by atoms with van der Waals surface area (Å²) in [4.78, 5) is -1.43. The summed E-state index contributed by atoms with van der Waals surface area (Å²) in [5, 5.41) is 0. The van der Waals surface area contributed by atoms with Crippen LogP contribution in [0.4, 0.5) is 26.3 Å². The van der Waals surface area contributed by atoms with E-state index in [0.717, 1.165) is 6.07 Å². The number of rotatable bonds is 5. The second-order valence-electron chi connectivity index (χ2n) is 7.40. The SMILES string of the molecule is C=Cc1ccc(S2(OS(=O)(=O)C(F)(F)F)c3ccccc3-c3cc(S(=O)(=O)C(F)(F)F)ccc32)cc1. The van der Waals surface area contributed by atoms with Crippen molar-refractivity contribution in [2.24, 2.45) is 0 Å². The van der Waals surface area contributed by atoms with Crippen LogP contribution in [0.15, 0.2) is 92.9 Å². The summed E-state index contributed by atoms with van der Waals surface area (Å²) in [6.07, 6.45) is 1.43. The number of fused-ring (bicyclic) bond motifs is 3. The standard InChI is InChI=1S/C22H14F6O5S3/c1-2-14-7-9-15(10-8-14)34(33-36(31,32)22(26,27)28)19-6-4-3-5-17(19)18-13-16(11-12-20(18)34)35(29,30)21(23,24)25/h2-13H,1H2. The quantitative estimate of drug-likeness (QED) is 0.254. The van der Waals surface area contributed by atoms with Gasteiger partial charge in [0.25, 0.3) is 9.84 Å². The van der Waals surface area contributed by atoms with E-state index in [9.17, 15) is 43.2 Å². The number of halogens is 6. The molecular formula is C22H14F6O5S3. The van der Waals surface area contributed by atoms with Gasteiger partial charge in [-0.2, -0.15) is 38.4 Å². The zero-order valence-corrected chi connectivity index (χ0v) is 20.1. The van der Waals surface area contributed by atoms with Gasteiger partial charge in [0.1, 0.15) is 0 Å². The first-order valence-corrected chi connectivity index (χ1v) is 14.1. The number of alkyl halides is 6. The maximum absolute atomic E-state index is 13.5. The Morgan fingerprint density at radius 2 is 1.33 bits per heavy atom. The molecule has 1 unspecified atom stereocenters. The molecule has 36 heavy (non-hydrogen) atoms. The molecule has 0 N–H and O–H groups in total. The lowest BCUT2D eigenvalue weighted by atomic mass is 10.1. The highest BCUT2D eigenvalue weighted by atomic mass is 32.3. The highest BCUT2D eigenvalue weighted by Crippen LogP contribution is 2.77. The molecule has 14 heteroatoms. The second kappa shape index (κ2) is 8.36. The predicted molar refractivity (Wildman–Crippen MR) is 120 cm³/mol. The van der Waals surface area contributed by atoms with Crippen LogP contribution in [0.3, 0.4) is 0 Å². The maximum Gasteiger partial charge on any atom is 0.524 e. The fraction of sp³-hybridized carbons (Fsp3) is 0.0909. The molecule has 192 valence electrons. The molecule has 0 bridgehead atoms. The third kappa shape index (κ3) is 3.92. The van der Waals surface area contributed by atoms with Crippen LogP contribution in [0.2, 0.25) is 0 Å². The van der Waals surface area contributed by atoms with E-state index in [-0.39, 0.29) is 25.8 Å². The van der Waals surface area contributed by atoms with Gasteiger partial charge in [-0.1, -0.05) is 43.0 Å². The van der Waals surface area contributed by atoms with E-state index in [0.29, 0.717) is 17.7 Å². The van der Waals surface area contributed by atoms with E-state index in [1.165, 1.54) is 54.6 Å². The topological polar surface area (TPSA) is 77.5 Å². The Morgan fingerprint density at radius 1 is 0.750 bits per heavy atom. The van der Waals surface area contributed by atoms with Crippen LogP contribution in [0.25, 0.3) is 17.2 Å². The first-order chi connectivity index (χ1) is 16.6.